The zero-order chi connectivity index (χ0) is 15.8. The Labute approximate surface area is 133 Å². The normalized spacial score (nSPS) is 10.8. The van der Waals surface area contributed by atoms with Gasteiger partial charge in [-0.25, -0.2) is 0 Å². The molecule has 2 aromatic rings. The maximum atomic E-state index is 11.7. The molecule has 0 aliphatic heterocycles. The smallest absolute Gasteiger partial charge is 0.261 e. The quantitative estimate of drug-likeness (QED) is 0.609. The number of rotatable bonds is 7. The van der Waals surface area contributed by atoms with E-state index in [2.05, 4.69) is 10.6 Å². The van der Waals surface area contributed by atoms with Gasteiger partial charge in [-0.1, -0.05) is 6.07 Å². The molecule has 0 unspecified atom stereocenters. The highest BCUT2D eigenvalue weighted by Crippen LogP contribution is 2.08. The zero-order valence-corrected chi connectivity index (χ0v) is 13.1. The van der Waals surface area contributed by atoms with Crippen LogP contribution in [0.15, 0.2) is 40.1 Å². The lowest BCUT2D eigenvalue weighted by Crippen LogP contribution is -2.28. The van der Waals surface area contributed by atoms with Crippen molar-refractivity contribution in [1.29, 1.82) is 0 Å². The maximum Gasteiger partial charge on any atom is 0.261 e. The lowest BCUT2D eigenvalue weighted by molar-refractivity contribution is -0.116. The number of nitrogens with one attached hydrogen (secondary N) is 2. The summed E-state index contributed by atoms with van der Waals surface area (Å²) >= 11 is 1.41. The molecule has 0 aliphatic carbocycles. The van der Waals surface area contributed by atoms with Crippen molar-refractivity contribution in [2.24, 2.45) is 0 Å². The van der Waals surface area contributed by atoms with E-state index in [1.54, 1.807) is 18.2 Å². The Morgan fingerprint density at radius 1 is 1.23 bits per heavy atom. The molecule has 0 radical (unpaired) electrons. The molecule has 0 saturated carbocycles. The number of hydrogen-bond acceptors (Lipinski definition) is 4. The molecule has 5 nitrogen and oxygen atoms in total. The number of aryl methyl sites for hydroxylation is 1. The molecule has 0 atom stereocenters. The van der Waals surface area contributed by atoms with E-state index in [1.807, 2.05) is 24.4 Å². The minimum absolute atomic E-state index is 0.0746. The van der Waals surface area contributed by atoms with E-state index in [0.717, 1.165) is 5.76 Å². The molecule has 116 valence electrons. The highest BCUT2D eigenvalue weighted by atomic mass is 32.1. The third-order valence-electron chi connectivity index (χ3n) is 2.84. The van der Waals surface area contributed by atoms with Gasteiger partial charge in [0.05, 0.1) is 4.88 Å². The molecule has 0 fully saturated rings. The Kier molecular flexibility index (Phi) is 5.97. The zero-order valence-electron chi connectivity index (χ0n) is 12.3. The third-order valence-corrected chi connectivity index (χ3v) is 3.71. The summed E-state index contributed by atoms with van der Waals surface area (Å²) in [5, 5.41) is 7.42. The molecule has 2 amide bonds. The molecule has 2 heterocycles. The first-order chi connectivity index (χ1) is 10.6. The second-order valence-electron chi connectivity index (χ2n) is 4.66. The van der Waals surface area contributed by atoms with Crippen LogP contribution in [0.1, 0.15) is 27.6 Å². The molecule has 2 aromatic heterocycles. The van der Waals surface area contributed by atoms with Crippen LogP contribution >= 0.6 is 11.3 Å². The van der Waals surface area contributed by atoms with E-state index < -0.39 is 0 Å². The van der Waals surface area contributed by atoms with Crippen LogP contribution in [0.5, 0.6) is 0 Å². The first-order valence-electron chi connectivity index (χ1n) is 6.99. The summed E-state index contributed by atoms with van der Waals surface area (Å²) in [6, 6.07) is 7.27. The van der Waals surface area contributed by atoms with E-state index in [0.29, 0.717) is 30.1 Å². The maximum absolute atomic E-state index is 11.7. The molecule has 2 rings (SSSR count). The minimum Gasteiger partial charge on any atom is -0.462 e. The second kappa shape index (κ2) is 8.19. The Balaban J connectivity index is 1.59. The van der Waals surface area contributed by atoms with Crippen molar-refractivity contribution in [2.75, 3.05) is 13.1 Å². The van der Waals surface area contributed by atoms with Crippen molar-refractivity contribution in [1.82, 2.24) is 10.6 Å². The molecule has 0 spiro atoms. The standard InChI is InChI=1S/C16H18N2O3S/c1-12-5-6-13(21-12)7-8-15(19)17-9-3-10-18-16(20)14-4-2-11-22-14/h2,4-8,11H,3,9-10H2,1H3,(H,17,19)(H,18,20)/b8-7+. The highest BCUT2D eigenvalue weighted by molar-refractivity contribution is 7.12. The lowest BCUT2D eigenvalue weighted by atomic mass is 10.3. The van der Waals surface area contributed by atoms with Crippen molar-refractivity contribution in [3.05, 3.63) is 52.1 Å². The monoisotopic (exact) mass is 318 g/mol. The van der Waals surface area contributed by atoms with Crippen molar-refractivity contribution in [3.63, 3.8) is 0 Å². The first kappa shape index (κ1) is 16.0. The van der Waals surface area contributed by atoms with Crippen LogP contribution in [0.4, 0.5) is 0 Å². The number of hydrogen-bond donors (Lipinski definition) is 2. The average Bonchev–Trinajstić information content (AvgIpc) is 3.16. The molecule has 0 aromatic carbocycles. The van der Waals surface area contributed by atoms with Gasteiger partial charge in [-0.15, -0.1) is 11.3 Å². The SMILES string of the molecule is Cc1ccc(/C=C/C(=O)NCCCNC(=O)c2cccs2)o1. The summed E-state index contributed by atoms with van der Waals surface area (Å²) < 4.78 is 5.33. The van der Waals surface area contributed by atoms with Crippen LogP contribution in [-0.2, 0) is 4.79 Å². The van der Waals surface area contributed by atoms with Crippen LogP contribution < -0.4 is 10.6 Å². The van der Waals surface area contributed by atoms with Gasteiger partial charge in [-0.05, 0) is 43.0 Å². The number of carbonyl (C=O) groups is 2. The average molecular weight is 318 g/mol. The summed E-state index contributed by atoms with van der Waals surface area (Å²) in [5.41, 5.74) is 0. The minimum atomic E-state index is -0.182. The van der Waals surface area contributed by atoms with Gasteiger partial charge in [0.15, 0.2) is 0 Å². The fourth-order valence-electron chi connectivity index (χ4n) is 1.76. The topological polar surface area (TPSA) is 71.3 Å². The number of carbonyl (C=O) groups excluding carboxylic acids is 2. The summed E-state index contributed by atoms with van der Waals surface area (Å²) in [6.45, 7) is 2.88. The summed E-state index contributed by atoms with van der Waals surface area (Å²) in [7, 11) is 0. The molecule has 22 heavy (non-hydrogen) atoms. The van der Waals surface area contributed by atoms with Gasteiger partial charge in [-0.2, -0.15) is 0 Å². The van der Waals surface area contributed by atoms with Gasteiger partial charge in [0.25, 0.3) is 5.91 Å². The Morgan fingerprint density at radius 3 is 2.73 bits per heavy atom. The molecule has 2 N–H and O–H groups in total. The fraction of sp³-hybridized carbons (Fsp3) is 0.250. The fourth-order valence-corrected chi connectivity index (χ4v) is 2.40. The van der Waals surface area contributed by atoms with Gasteiger partial charge in [0, 0.05) is 19.2 Å². The third kappa shape index (κ3) is 5.21. The Hall–Kier alpha value is -2.34. The lowest BCUT2D eigenvalue weighted by Gasteiger charge is -2.04. The molecule has 6 heteroatoms. The Morgan fingerprint density at radius 2 is 2.05 bits per heavy atom. The number of furan rings is 1. The molecule has 0 bridgehead atoms. The van der Waals surface area contributed by atoms with Crippen LogP contribution in [0.3, 0.4) is 0 Å². The molecular weight excluding hydrogens is 300 g/mol. The van der Waals surface area contributed by atoms with Gasteiger partial charge in [-0.3, -0.25) is 9.59 Å². The van der Waals surface area contributed by atoms with E-state index in [-0.39, 0.29) is 11.8 Å². The van der Waals surface area contributed by atoms with E-state index in [1.165, 1.54) is 17.4 Å². The number of amides is 2. The summed E-state index contributed by atoms with van der Waals surface area (Å²) in [5.74, 6) is 1.20. The van der Waals surface area contributed by atoms with Crippen molar-refractivity contribution in [2.45, 2.75) is 13.3 Å². The Bertz CT molecular complexity index is 644. The van der Waals surface area contributed by atoms with Gasteiger partial charge < -0.3 is 15.1 Å². The van der Waals surface area contributed by atoms with Crippen LogP contribution in [0.25, 0.3) is 6.08 Å². The molecular formula is C16H18N2O3S. The number of thiophene rings is 1. The second-order valence-corrected chi connectivity index (χ2v) is 5.61. The molecule has 0 aliphatic rings. The van der Waals surface area contributed by atoms with E-state index in [9.17, 15) is 9.59 Å². The predicted molar refractivity (Wildman–Crippen MR) is 86.8 cm³/mol. The highest BCUT2D eigenvalue weighted by Gasteiger charge is 2.04. The van der Waals surface area contributed by atoms with Gasteiger partial charge >= 0.3 is 0 Å². The molecule has 0 saturated heterocycles. The van der Waals surface area contributed by atoms with Crippen LogP contribution in [0.2, 0.25) is 0 Å². The predicted octanol–water partition coefficient (Wildman–Crippen LogP) is 2.60. The van der Waals surface area contributed by atoms with E-state index in [4.69, 9.17) is 4.42 Å². The van der Waals surface area contributed by atoms with Crippen LogP contribution in [0, 0.1) is 6.92 Å². The summed E-state index contributed by atoms with van der Waals surface area (Å²) in [4.78, 5) is 23.9. The van der Waals surface area contributed by atoms with Gasteiger partial charge in [0.2, 0.25) is 5.91 Å². The van der Waals surface area contributed by atoms with Crippen molar-refractivity contribution >= 4 is 29.2 Å². The largest absolute Gasteiger partial charge is 0.462 e. The van der Waals surface area contributed by atoms with Crippen molar-refractivity contribution < 1.29 is 14.0 Å². The summed E-state index contributed by atoms with van der Waals surface area (Å²) in [6.07, 6.45) is 3.74. The van der Waals surface area contributed by atoms with E-state index >= 15 is 0 Å². The first-order valence-corrected chi connectivity index (χ1v) is 7.87. The van der Waals surface area contributed by atoms with Crippen molar-refractivity contribution in [3.8, 4) is 0 Å². The van der Waals surface area contributed by atoms with Crippen LogP contribution in [-0.4, -0.2) is 24.9 Å². The van der Waals surface area contributed by atoms with Gasteiger partial charge in [0.1, 0.15) is 11.5 Å².